The molecule has 4 nitrogen and oxygen atoms in total. The Morgan fingerprint density at radius 2 is 2.10 bits per heavy atom. The number of nitrogens with zero attached hydrogens (tertiary/aromatic N) is 2. The third-order valence-corrected chi connectivity index (χ3v) is 4.10. The maximum Gasteiger partial charge on any atom is 0.236 e. The minimum atomic E-state index is 0.194. The van der Waals surface area contributed by atoms with Crippen molar-refractivity contribution < 1.29 is 9.53 Å². The lowest BCUT2D eigenvalue weighted by Gasteiger charge is -2.31. The predicted molar refractivity (Wildman–Crippen MR) is 84.3 cm³/mol. The molecule has 1 aliphatic heterocycles. The van der Waals surface area contributed by atoms with Gasteiger partial charge in [0.05, 0.1) is 13.7 Å². The average Bonchev–Trinajstić information content (AvgIpc) is 2.48. The standard InChI is InChI=1S/C17H26N2O2/c1-14-5-4-10-19(11-14)13-17(20)18(2)12-15-6-8-16(21-3)9-7-15/h6-9,14H,4-5,10-13H2,1-3H3. The quantitative estimate of drug-likeness (QED) is 0.835. The summed E-state index contributed by atoms with van der Waals surface area (Å²) in [5.74, 6) is 1.74. The lowest BCUT2D eigenvalue weighted by Crippen LogP contribution is -2.42. The molecule has 0 aromatic heterocycles. The van der Waals surface area contributed by atoms with Gasteiger partial charge in [-0.05, 0) is 43.0 Å². The van der Waals surface area contributed by atoms with Gasteiger partial charge in [0.15, 0.2) is 0 Å². The van der Waals surface area contributed by atoms with E-state index in [0.29, 0.717) is 19.0 Å². The van der Waals surface area contributed by atoms with Crippen molar-refractivity contribution in [1.82, 2.24) is 9.80 Å². The van der Waals surface area contributed by atoms with E-state index in [1.165, 1.54) is 12.8 Å². The van der Waals surface area contributed by atoms with Crippen molar-refractivity contribution in [1.29, 1.82) is 0 Å². The topological polar surface area (TPSA) is 32.8 Å². The van der Waals surface area contributed by atoms with Crippen molar-refractivity contribution in [3.63, 3.8) is 0 Å². The molecule has 1 unspecified atom stereocenters. The fourth-order valence-electron chi connectivity index (χ4n) is 2.84. The Bertz CT molecular complexity index is 458. The minimum Gasteiger partial charge on any atom is -0.497 e. The van der Waals surface area contributed by atoms with Crippen LogP contribution in [0.4, 0.5) is 0 Å². The molecule has 0 radical (unpaired) electrons. The van der Waals surface area contributed by atoms with Crippen molar-refractivity contribution in [3.8, 4) is 5.75 Å². The third kappa shape index (κ3) is 4.74. The van der Waals surface area contributed by atoms with Gasteiger partial charge in [-0.15, -0.1) is 0 Å². The lowest BCUT2D eigenvalue weighted by molar-refractivity contribution is -0.132. The van der Waals surface area contributed by atoms with E-state index in [2.05, 4.69) is 11.8 Å². The molecule has 1 atom stereocenters. The number of methoxy groups -OCH3 is 1. The average molecular weight is 290 g/mol. The molecular formula is C17H26N2O2. The Kier molecular flexibility index (Phi) is 5.62. The van der Waals surface area contributed by atoms with Crippen LogP contribution in [0.5, 0.6) is 5.75 Å². The largest absolute Gasteiger partial charge is 0.497 e. The van der Waals surface area contributed by atoms with E-state index in [-0.39, 0.29) is 5.91 Å². The highest BCUT2D eigenvalue weighted by atomic mass is 16.5. The zero-order valence-corrected chi connectivity index (χ0v) is 13.3. The van der Waals surface area contributed by atoms with Crippen LogP contribution in [-0.2, 0) is 11.3 Å². The normalized spacial score (nSPS) is 19.3. The molecule has 1 aromatic carbocycles. The number of rotatable bonds is 5. The Labute approximate surface area is 127 Å². The van der Waals surface area contributed by atoms with Gasteiger partial charge in [-0.3, -0.25) is 9.69 Å². The SMILES string of the molecule is COc1ccc(CN(C)C(=O)CN2CCCC(C)C2)cc1. The fourth-order valence-corrected chi connectivity index (χ4v) is 2.84. The molecule has 2 rings (SSSR count). The highest BCUT2D eigenvalue weighted by Crippen LogP contribution is 2.16. The summed E-state index contributed by atoms with van der Waals surface area (Å²) in [5.41, 5.74) is 1.12. The Morgan fingerprint density at radius 3 is 2.71 bits per heavy atom. The summed E-state index contributed by atoms with van der Waals surface area (Å²) in [5, 5.41) is 0. The molecule has 0 saturated carbocycles. The van der Waals surface area contributed by atoms with Gasteiger partial charge in [-0.2, -0.15) is 0 Å². The van der Waals surface area contributed by atoms with Gasteiger partial charge >= 0.3 is 0 Å². The first kappa shape index (κ1) is 15.8. The second kappa shape index (κ2) is 7.46. The van der Waals surface area contributed by atoms with Gasteiger partial charge < -0.3 is 9.64 Å². The highest BCUT2D eigenvalue weighted by Gasteiger charge is 2.20. The first-order valence-corrected chi connectivity index (χ1v) is 7.67. The van der Waals surface area contributed by atoms with Crippen molar-refractivity contribution in [2.45, 2.75) is 26.3 Å². The number of carbonyl (C=O) groups excluding carboxylic acids is 1. The lowest BCUT2D eigenvalue weighted by atomic mass is 10.0. The number of likely N-dealkylation sites (tertiary alicyclic amines) is 1. The van der Waals surface area contributed by atoms with E-state index < -0.39 is 0 Å². The van der Waals surface area contributed by atoms with Crippen LogP contribution in [0.15, 0.2) is 24.3 Å². The molecule has 1 aromatic rings. The van der Waals surface area contributed by atoms with Crippen molar-refractivity contribution >= 4 is 5.91 Å². The molecule has 0 N–H and O–H groups in total. The number of hydrogen-bond acceptors (Lipinski definition) is 3. The summed E-state index contributed by atoms with van der Waals surface area (Å²) in [6.45, 7) is 5.54. The summed E-state index contributed by atoms with van der Waals surface area (Å²) in [4.78, 5) is 16.4. The molecule has 21 heavy (non-hydrogen) atoms. The van der Waals surface area contributed by atoms with E-state index in [1.807, 2.05) is 31.3 Å². The summed E-state index contributed by atoms with van der Waals surface area (Å²) >= 11 is 0. The predicted octanol–water partition coefficient (Wildman–Crippen LogP) is 2.39. The van der Waals surface area contributed by atoms with Gasteiger partial charge in [0.25, 0.3) is 0 Å². The highest BCUT2D eigenvalue weighted by molar-refractivity contribution is 5.78. The zero-order chi connectivity index (χ0) is 15.2. The van der Waals surface area contributed by atoms with Crippen LogP contribution in [-0.4, -0.2) is 49.5 Å². The van der Waals surface area contributed by atoms with Gasteiger partial charge in [0.1, 0.15) is 5.75 Å². The molecular weight excluding hydrogens is 264 g/mol. The van der Waals surface area contributed by atoms with Crippen LogP contribution in [0.1, 0.15) is 25.3 Å². The second-order valence-corrected chi connectivity index (χ2v) is 6.08. The molecule has 4 heteroatoms. The number of likely N-dealkylation sites (N-methyl/N-ethyl adjacent to an activating group) is 1. The number of piperidine rings is 1. The van der Waals surface area contributed by atoms with Crippen LogP contribution >= 0.6 is 0 Å². The Morgan fingerprint density at radius 1 is 1.38 bits per heavy atom. The van der Waals surface area contributed by atoms with Crippen molar-refractivity contribution in [3.05, 3.63) is 29.8 Å². The molecule has 1 heterocycles. The maximum absolute atomic E-state index is 12.3. The number of amides is 1. The third-order valence-electron chi connectivity index (χ3n) is 4.10. The molecule has 0 aliphatic carbocycles. The molecule has 1 saturated heterocycles. The molecule has 0 bridgehead atoms. The molecule has 1 fully saturated rings. The number of ether oxygens (including phenoxy) is 1. The molecule has 1 aliphatic rings. The number of carbonyl (C=O) groups is 1. The van der Waals surface area contributed by atoms with E-state index in [1.54, 1.807) is 12.0 Å². The first-order valence-electron chi connectivity index (χ1n) is 7.67. The zero-order valence-electron chi connectivity index (χ0n) is 13.3. The van der Waals surface area contributed by atoms with E-state index in [9.17, 15) is 4.79 Å². The van der Waals surface area contributed by atoms with Gasteiger partial charge in [-0.1, -0.05) is 19.1 Å². The molecule has 0 spiro atoms. The summed E-state index contributed by atoms with van der Waals surface area (Å²) in [6, 6.07) is 7.87. The minimum absolute atomic E-state index is 0.194. The van der Waals surface area contributed by atoms with Crippen LogP contribution in [0.25, 0.3) is 0 Å². The van der Waals surface area contributed by atoms with Crippen LogP contribution < -0.4 is 4.74 Å². The Balaban J connectivity index is 1.83. The molecule has 116 valence electrons. The summed E-state index contributed by atoms with van der Waals surface area (Å²) < 4.78 is 5.14. The summed E-state index contributed by atoms with van der Waals surface area (Å²) in [6.07, 6.45) is 2.49. The summed E-state index contributed by atoms with van der Waals surface area (Å²) in [7, 11) is 3.53. The van der Waals surface area contributed by atoms with Crippen molar-refractivity contribution in [2.24, 2.45) is 5.92 Å². The van der Waals surface area contributed by atoms with E-state index in [0.717, 1.165) is 24.4 Å². The number of hydrogen-bond donors (Lipinski definition) is 0. The monoisotopic (exact) mass is 290 g/mol. The van der Waals surface area contributed by atoms with Gasteiger partial charge in [0.2, 0.25) is 5.91 Å². The van der Waals surface area contributed by atoms with Crippen LogP contribution in [0.3, 0.4) is 0 Å². The van der Waals surface area contributed by atoms with Crippen LogP contribution in [0.2, 0.25) is 0 Å². The number of benzene rings is 1. The van der Waals surface area contributed by atoms with E-state index in [4.69, 9.17) is 4.74 Å². The fraction of sp³-hybridized carbons (Fsp3) is 0.588. The van der Waals surface area contributed by atoms with Gasteiger partial charge in [0, 0.05) is 20.1 Å². The maximum atomic E-state index is 12.3. The van der Waals surface area contributed by atoms with Crippen LogP contribution in [0, 0.1) is 5.92 Å². The smallest absolute Gasteiger partial charge is 0.236 e. The second-order valence-electron chi connectivity index (χ2n) is 6.08. The van der Waals surface area contributed by atoms with E-state index >= 15 is 0 Å². The van der Waals surface area contributed by atoms with Crippen molar-refractivity contribution in [2.75, 3.05) is 33.8 Å². The van der Waals surface area contributed by atoms with Gasteiger partial charge in [-0.25, -0.2) is 0 Å². The molecule has 1 amide bonds. The Hall–Kier alpha value is -1.55. The first-order chi connectivity index (χ1) is 10.1.